The summed E-state index contributed by atoms with van der Waals surface area (Å²) in [5.41, 5.74) is 1.75. The number of hydrogen-bond acceptors (Lipinski definition) is 7. The van der Waals surface area contributed by atoms with Gasteiger partial charge in [0.15, 0.2) is 17.3 Å². The van der Waals surface area contributed by atoms with Crippen LogP contribution in [0.4, 0.5) is 4.39 Å². The highest BCUT2D eigenvalue weighted by molar-refractivity contribution is 5.83. The first kappa shape index (κ1) is 25.8. The average molecular weight is 521 g/mol. The van der Waals surface area contributed by atoms with Crippen LogP contribution in [0.1, 0.15) is 63.5 Å². The van der Waals surface area contributed by atoms with Gasteiger partial charge in [0.25, 0.3) is 5.56 Å². The van der Waals surface area contributed by atoms with Gasteiger partial charge >= 0.3 is 0 Å². The number of halogens is 1. The molecule has 1 N–H and O–H groups in total. The van der Waals surface area contributed by atoms with Gasteiger partial charge < -0.3 is 14.5 Å². The first-order valence-corrected chi connectivity index (χ1v) is 13.0. The van der Waals surface area contributed by atoms with Crippen LogP contribution in [0, 0.1) is 5.82 Å². The summed E-state index contributed by atoms with van der Waals surface area (Å²) in [6.45, 7) is 10.2. The van der Waals surface area contributed by atoms with Crippen molar-refractivity contribution in [2.45, 2.75) is 65.2 Å². The summed E-state index contributed by atoms with van der Waals surface area (Å²) in [4.78, 5) is 18.4. The summed E-state index contributed by atoms with van der Waals surface area (Å²) in [5.74, 6) is 1.73. The van der Waals surface area contributed by atoms with Crippen molar-refractivity contribution in [1.29, 1.82) is 0 Å². The Hall–Kier alpha value is -3.79. The van der Waals surface area contributed by atoms with Crippen LogP contribution in [0.25, 0.3) is 10.9 Å². The third kappa shape index (κ3) is 5.13. The summed E-state index contributed by atoms with van der Waals surface area (Å²) in [6, 6.07) is 11.9. The Morgan fingerprint density at radius 2 is 1.79 bits per heavy atom. The van der Waals surface area contributed by atoms with E-state index in [4.69, 9.17) is 9.47 Å². The molecule has 9 nitrogen and oxygen atoms in total. The molecular formula is C28H33FN6O3. The molecule has 10 heteroatoms. The lowest BCUT2D eigenvalue weighted by molar-refractivity contribution is 0.150. The van der Waals surface area contributed by atoms with Crippen molar-refractivity contribution in [1.82, 2.24) is 30.1 Å². The first-order chi connectivity index (χ1) is 18.3. The monoisotopic (exact) mass is 520 g/mol. The Bertz CT molecular complexity index is 1480. The molecule has 1 aliphatic rings. The van der Waals surface area contributed by atoms with Gasteiger partial charge in [-0.1, -0.05) is 26.0 Å². The van der Waals surface area contributed by atoms with Gasteiger partial charge in [0.2, 0.25) is 0 Å². The maximum Gasteiger partial charge on any atom is 0.252 e. The van der Waals surface area contributed by atoms with E-state index in [-0.39, 0.29) is 23.0 Å². The van der Waals surface area contributed by atoms with E-state index in [0.717, 1.165) is 23.2 Å². The number of pyridine rings is 1. The fourth-order valence-electron chi connectivity index (χ4n) is 4.81. The van der Waals surface area contributed by atoms with Crippen molar-refractivity contribution < 1.29 is 13.9 Å². The molecule has 38 heavy (non-hydrogen) atoms. The summed E-state index contributed by atoms with van der Waals surface area (Å²) in [6.07, 6.45) is 1.56. The van der Waals surface area contributed by atoms with E-state index < -0.39 is 0 Å². The molecule has 1 aliphatic heterocycles. The molecule has 5 rings (SSSR count). The highest BCUT2D eigenvalue weighted by Crippen LogP contribution is 2.34. The van der Waals surface area contributed by atoms with Gasteiger partial charge in [0.1, 0.15) is 19.0 Å². The van der Waals surface area contributed by atoms with Crippen LogP contribution >= 0.6 is 0 Å². The second-order valence-corrected chi connectivity index (χ2v) is 10.3. The Morgan fingerprint density at radius 1 is 1.08 bits per heavy atom. The number of aromatic amines is 1. The highest BCUT2D eigenvalue weighted by atomic mass is 19.1. The minimum absolute atomic E-state index is 0.179. The van der Waals surface area contributed by atoms with Gasteiger partial charge in [-0.3, -0.25) is 9.69 Å². The molecule has 2 aromatic heterocycles. The summed E-state index contributed by atoms with van der Waals surface area (Å²) >= 11 is 0. The van der Waals surface area contributed by atoms with Gasteiger partial charge in [-0.15, -0.1) is 5.10 Å². The Morgan fingerprint density at radius 3 is 2.47 bits per heavy atom. The van der Waals surface area contributed by atoms with E-state index >= 15 is 0 Å². The van der Waals surface area contributed by atoms with Crippen molar-refractivity contribution in [3.05, 3.63) is 75.6 Å². The zero-order valence-corrected chi connectivity index (χ0v) is 22.2. The third-order valence-electron chi connectivity index (χ3n) is 7.31. The van der Waals surface area contributed by atoms with Gasteiger partial charge in [0.05, 0.1) is 17.1 Å². The number of fused-ring (bicyclic) bond motifs is 2. The average Bonchev–Trinajstić information content (AvgIpc) is 3.40. The minimum Gasteiger partial charge on any atom is -0.486 e. The Balaban J connectivity index is 1.55. The number of aromatic nitrogens is 5. The minimum atomic E-state index is -0.290. The number of rotatable bonds is 9. The van der Waals surface area contributed by atoms with Crippen LogP contribution in [0.2, 0.25) is 0 Å². The van der Waals surface area contributed by atoms with Crippen LogP contribution in [0.5, 0.6) is 11.5 Å². The largest absolute Gasteiger partial charge is 0.486 e. The predicted octanol–water partition coefficient (Wildman–Crippen LogP) is 4.72. The molecule has 0 amide bonds. The van der Waals surface area contributed by atoms with Crippen molar-refractivity contribution in [3.63, 3.8) is 0 Å². The second kappa shape index (κ2) is 10.5. The third-order valence-corrected chi connectivity index (χ3v) is 7.31. The summed E-state index contributed by atoms with van der Waals surface area (Å²) < 4.78 is 27.0. The Kier molecular flexibility index (Phi) is 7.16. The van der Waals surface area contributed by atoms with E-state index in [9.17, 15) is 9.18 Å². The fourth-order valence-corrected chi connectivity index (χ4v) is 4.81. The molecule has 0 aliphatic carbocycles. The molecule has 0 saturated carbocycles. The Labute approximate surface area is 220 Å². The maximum atomic E-state index is 13.7. The van der Waals surface area contributed by atoms with Crippen molar-refractivity contribution >= 4 is 10.9 Å². The normalized spacial score (nSPS) is 14.3. The quantitative estimate of drug-likeness (QED) is 0.341. The number of nitrogens with one attached hydrogen (secondary N) is 1. The highest BCUT2D eigenvalue weighted by Gasteiger charge is 2.31. The van der Waals surface area contributed by atoms with Gasteiger partial charge in [0, 0.05) is 30.1 Å². The van der Waals surface area contributed by atoms with E-state index in [0.29, 0.717) is 55.3 Å². The lowest BCUT2D eigenvalue weighted by atomic mass is 10.0. The zero-order valence-electron chi connectivity index (χ0n) is 22.2. The number of nitrogens with zero attached hydrogens (tertiary/aromatic N) is 5. The van der Waals surface area contributed by atoms with Gasteiger partial charge in [-0.05, 0) is 66.9 Å². The molecule has 1 atom stereocenters. The predicted molar refractivity (Wildman–Crippen MR) is 142 cm³/mol. The topological polar surface area (TPSA) is 98.2 Å². The summed E-state index contributed by atoms with van der Waals surface area (Å²) in [7, 11) is 0. The van der Waals surface area contributed by atoms with E-state index in [2.05, 4.69) is 53.1 Å². The molecule has 0 bridgehead atoms. The fraction of sp³-hybridized carbons (Fsp3) is 0.429. The van der Waals surface area contributed by atoms with Crippen LogP contribution in [-0.2, 0) is 18.6 Å². The molecule has 4 aromatic rings. The van der Waals surface area contributed by atoms with Crippen LogP contribution < -0.4 is 15.0 Å². The van der Waals surface area contributed by atoms with E-state index in [1.54, 1.807) is 18.2 Å². The SMILES string of the molecule is CCC(c1nnnn1C(C)(C)CC)N(Cc1ccc(F)cc1)Cc1cc2cc3c(cc2[nH]c1=O)OCCO3. The molecule has 0 radical (unpaired) electrons. The molecule has 200 valence electrons. The maximum absolute atomic E-state index is 13.7. The van der Waals surface area contributed by atoms with Crippen LogP contribution in [0.15, 0.2) is 47.3 Å². The van der Waals surface area contributed by atoms with Crippen LogP contribution in [0.3, 0.4) is 0 Å². The molecule has 0 saturated heterocycles. The molecule has 0 spiro atoms. The van der Waals surface area contributed by atoms with Crippen molar-refractivity contribution in [2.24, 2.45) is 0 Å². The van der Waals surface area contributed by atoms with Crippen LogP contribution in [-0.4, -0.2) is 43.3 Å². The van der Waals surface area contributed by atoms with E-state index in [1.807, 2.05) is 16.8 Å². The summed E-state index contributed by atoms with van der Waals surface area (Å²) in [5, 5.41) is 13.6. The zero-order chi connectivity index (χ0) is 26.9. The standard InChI is InChI=1S/C28H33FN6O3/c1-5-23(26-31-32-33-35(26)28(3,4)6-2)34(16-18-7-9-21(29)10-8-18)17-20-13-19-14-24-25(38-12-11-37-24)15-22(19)30-27(20)36/h7-10,13-15,23H,5-6,11-12,16-17H2,1-4H3,(H,30,36). The van der Waals surface area contributed by atoms with E-state index in [1.165, 1.54) is 12.1 Å². The molecule has 2 aromatic carbocycles. The van der Waals surface area contributed by atoms with Crippen molar-refractivity contribution in [3.8, 4) is 11.5 Å². The number of hydrogen-bond donors (Lipinski definition) is 1. The lowest BCUT2D eigenvalue weighted by Crippen LogP contribution is -2.36. The van der Waals surface area contributed by atoms with Crippen molar-refractivity contribution in [2.75, 3.05) is 13.2 Å². The molecule has 1 unspecified atom stereocenters. The second-order valence-electron chi connectivity index (χ2n) is 10.3. The molecular weight excluding hydrogens is 487 g/mol. The lowest BCUT2D eigenvalue weighted by Gasteiger charge is -2.33. The first-order valence-electron chi connectivity index (χ1n) is 13.0. The number of tetrazole rings is 1. The van der Waals surface area contributed by atoms with Gasteiger partial charge in [-0.2, -0.15) is 0 Å². The molecule has 0 fully saturated rings. The number of H-pyrrole nitrogens is 1. The molecule has 3 heterocycles. The number of benzene rings is 2. The van der Waals surface area contributed by atoms with Gasteiger partial charge in [-0.25, -0.2) is 9.07 Å². The number of ether oxygens (including phenoxy) is 2. The smallest absolute Gasteiger partial charge is 0.252 e.